The van der Waals surface area contributed by atoms with E-state index in [9.17, 15) is 0 Å². The van der Waals surface area contributed by atoms with Gasteiger partial charge in [0.15, 0.2) is 11.5 Å². The fourth-order valence-electron chi connectivity index (χ4n) is 2.09. The van der Waals surface area contributed by atoms with Crippen LogP contribution in [0.15, 0.2) is 36.7 Å². The van der Waals surface area contributed by atoms with Gasteiger partial charge in [0, 0.05) is 25.0 Å². The van der Waals surface area contributed by atoms with Gasteiger partial charge in [0.2, 0.25) is 0 Å². The Kier molecular flexibility index (Phi) is 5.42. The molecule has 4 nitrogen and oxygen atoms in total. The predicted octanol–water partition coefficient (Wildman–Crippen LogP) is 3.60. The van der Waals surface area contributed by atoms with E-state index in [1.54, 1.807) is 20.4 Å². The molecule has 1 heterocycles. The topological polar surface area (TPSA) is 43.4 Å². The maximum atomic E-state index is 6.20. The molecule has 1 unspecified atom stereocenters. The van der Waals surface area contributed by atoms with Crippen LogP contribution in [0.1, 0.15) is 24.1 Å². The summed E-state index contributed by atoms with van der Waals surface area (Å²) in [5.41, 5.74) is 2.18. The van der Waals surface area contributed by atoms with Crippen LogP contribution in [0.4, 0.5) is 0 Å². The third-order valence-corrected chi connectivity index (χ3v) is 3.57. The molecule has 1 N–H and O–H groups in total. The van der Waals surface area contributed by atoms with E-state index in [-0.39, 0.29) is 6.04 Å². The highest BCUT2D eigenvalue weighted by atomic mass is 35.5. The number of pyridine rings is 1. The van der Waals surface area contributed by atoms with E-state index in [2.05, 4.69) is 17.2 Å². The normalized spacial score (nSPS) is 12.0. The lowest BCUT2D eigenvalue weighted by Gasteiger charge is -2.16. The van der Waals surface area contributed by atoms with Gasteiger partial charge < -0.3 is 14.8 Å². The van der Waals surface area contributed by atoms with Crippen molar-refractivity contribution in [3.8, 4) is 11.5 Å². The van der Waals surface area contributed by atoms with Gasteiger partial charge in [-0.1, -0.05) is 17.7 Å². The minimum absolute atomic E-state index is 0.200. The van der Waals surface area contributed by atoms with Gasteiger partial charge in [-0.25, -0.2) is 0 Å². The first kappa shape index (κ1) is 15.6. The van der Waals surface area contributed by atoms with Crippen LogP contribution in [0.3, 0.4) is 0 Å². The minimum Gasteiger partial charge on any atom is -0.493 e. The maximum absolute atomic E-state index is 6.20. The molecule has 21 heavy (non-hydrogen) atoms. The minimum atomic E-state index is 0.200. The van der Waals surface area contributed by atoms with Crippen molar-refractivity contribution in [1.29, 1.82) is 0 Å². The first-order chi connectivity index (χ1) is 10.2. The number of hydrogen-bond acceptors (Lipinski definition) is 4. The zero-order valence-electron chi connectivity index (χ0n) is 12.4. The summed E-state index contributed by atoms with van der Waals surface area (Å²) >= 11 is 6.20. The molecular weight excluding hydrogens is 288 g/mol. The predicted molar refractivity (Wildman–Crippen MR) is 84.0 cm³/mol. The van der Waals surface area contributed by atoms with E-state index in [1.165, 1.54) is 0 Å². The Morgan fingerprint density at radius 1 is 1.29 bits per heavy atom. The van der Waals surface area contributed by atoms with Gasteiger partial charge in [-0.2, -0.15) is 0 Å². The van der Waals surface area contributed by atoms with Gasteiger partial charge in [0.1, 0.15) is 0 Å². The Labute approximate surface area is 130 Å². The Balaban J connectivity index is 2.08. The second-order valence-electron chi connectivity index (χ2n) is 4.70. The lowest BCUT2D eigenvalue weighted by molar-refractivity contribution is 0.354. The Bertz CT molecular complexity index is 590. The summed E-state index contributed by atoms with van der Waals surface area (Å²) in [6, 6.07) is 7.98. The smallest absolute Gasteiger partial charge is 0.179 e. The molecule has 2 aromatic rings. The number of ether oxygens (including phenoxy) is 2. The van der Waals surface area contributed by atoms with Crippen molar-refractivity contribution >= 4 is 11.6 Å². The van der Waals surface area contributed by atoms with Crippen LogP contribution < -0.4 is 14.8 Å². The van der Waals surface area contributed by atoms with Crippen molar-refractivity contribution in [1.82, 2.24) is 10.3 Å². The summed E-state index contributed by atoms with van der Waals surface area (Å²) in [6.07, 6.45) is 3.63. The number of benzene rings is 1. The summed E-state index contributed by atoms with van der Waals surface area (Å²) in [7, 11) is 3.18. The molecule has 1 aromatic carbocycles. The maximum Gasteiger partial charge on any atom is 0.179 e. The Hall–Kier alpha value is -1.78. The lowest BCUT2D eigenvalue weighted by atomic mass is 10.1. The SMILES string of the molecule is COc1cc(CNC(C)c2cccnc2)cc(Cl)c1OC. The van der Waals surface area contributed by atoms with Crippen LogP contribution in [0, 0.1) is 0 Å². The molecule has 2 rings (SSSR count). The fourth-order valence-corrected chi connectivity index (χ4v) is 2.40. The van der Waals surface area contributed by atoms with Crippen LogP contribution in [0.25, 0.3) is 0 Å². The molecule has 0 aliphatic carbocycles. The Morgan fingerprint density at radius 2 is 2.10 bits per heavy atom. The largest absolute Gasteiger partial charge is 0.493 e. The molecule has 0 bridgehead atoms. The van der Waals surface area contributed by atoms with E-state index in [4.69, 9.17) is 21.1 Å². The van der Waals surface area contributed by atoms with Crippen molar-refractivity contribution in [3.05, 3.63) is 52.8 Å². The van der Waals surface area contributed by atoms with Gasteiger partial charge >= 0.3 is 0 Å². The first-order valence-corrected chi connectivity index (χ1v) is 7.07. The summed E-state index contributed by atoms with van der Waals surface area (Å²) in [6.45, 7) is 2.77. The van der Waals surface area contributed by atoms with Crippen molar-refractivity contribution in [2.45, 2.75) is 19.5 Å². The number of nitrogens with zero attached hydrogens (tertiary/aromatic N) is 1. The highest BCUT2D eigenvalue weighted by Crippen LogP contribution is 2.36. The van der Waals surface area contributed by atoms with Crippen molar-refractivity contribution in [3.63, 3.8) is 0 Å². The van der Waals surface area contributed by atoms with E-state index in [1.807, 2.05) is 30.5 Å². The molecule has 5 heteroatoms. The molecule has 1 aromatic heterocycles. The third-order valence-electron chi connectivity index (χ3n) is 3.29. The fraction of sp³-hybridized carbons (Fsp3) is 0.312. The molecular formula is C16H19ClN2O2. The first-order valence-electron chi connectivity index (χ1n) is 6.69. The molecule has 0 saturated heterocycles. The van der Waals surface area contributed by atoms with Crippen molar-refractivity contribution in [2.75, 3.05) is 14.2 Å². The summed E-state index contributed by atoms with van der Waals surface area (Å²) < 4.78 is 10.5. The molecule has 112 valence electrons. The van der Waals surface area contributed by atoms with Crippen LogP contribution in [0.5, 0.6) is 11.5 Å². The van der Waals surface area contributed by atoms with Crippen molar-refractivity contribution in [2.24, 2.45) is 0 Å². The second kappa shape index (κ2) is 7.29. The number of nitrogens with one attached hydrogen (secondary N) is 1. The third kappa shape index (κ3) is 3.86. The van der Waals surface area contributed by atoms with Crippen LogP contribution in [-0.4, -0.2) is 19.2 Å². The van der Waals surface area contributed by atoms with Gasteiger partial charge in [-0.15, -0.1) is 0 Å². The number of aromatic nitrogens is 1. The number of halogens is 1. The highest BCUT2D eigenvalue weighted by molar-refractivity contribution is 6.32. The quantitative estimate of drug-likeness (QED) is 0.885. The number of hydrogen-bond donors (Lipinski definition) is 1. The average Bonchev–Trinajstić information content (AvgIpc) is 2.52. The van der Waals surface area contributed by atoms with E-state index >= 15 is 0 Å². The van der Waals surface area contributed by atoms with Crippen LogP contribution in [0.2, 0.25) is 5.02 Å². The lowest BCUT2D eigenvalue weighted by Crippen LogP contribution is -2.18. The molecule has 0 aliphatic rings. The highest BCUT2D eigenvalue weighted by Gasteiger charge is 2.11. The van der Waals surface area contributed by atoms with Gasteiger partial charge in [-0.3, -0.25) is 4.98 Å². The van der Waals surface area contributed by atoms with Crippen LogP contribution in [-0.2, 0) is 6.54 Å². The summed E-state index contributed by atoms with van der Waals surface area (Å²) in [4.78, 5) is 4.13. The zero-order valence-corrected chi connectivity index (χ0v) is 13.1. The molecule has 0 amide bonds. The number of rotatable bonds is 6. The van der Waals surface area contributed by atoms with Gasteiger partial charge in [0.05, 0.1) is 19.2 Å². The Morgan fingerprint density at radius 3 is 2.71 bits per heavy atom. The molecule has 0 aliphatic heterocycles. The van der Waals surface area contributed by atoms with Crippen LogP contribution >= 0.6 is 11.6 Å². The van der Waals surface area contributed by atoms with Gasteiger partial charge in [-0.05, 0) is 36.2 Å². The average molecular weight is 307 g/mol. The molecule has 0 saturated carbocycles. The van der Waals surface area contributed by atoms with Crippen molar-refractivity contribution < 1.29 is 9.47 Å². The standard InChI is InChI=1S/C16H19ClN2O2/c1-11(13-5-4-6-18-10-13)19-9-12-7-14(17)16(21-3)15(8-12)20-2/h4-8,10-11,19H,9H2,1-3H3. The second-order valence-corrected chi connectivity index (χ2v) is 5.11. The summed E-state index contributed by atoms with van der Waals surface area (Å²) in [5.74, 6) is 1.19. The summed E-state index contributed by atoms with van der Waals surface area (Å²) in [5, 5.41) is 3.98. The van der Waals surface area contributed by atoms with E-state index in [0.29, 0.717) is 23.1 Å². The zero-order chi connectivity index (χ0) is 15.2. The number of methoxy groups -OCH3 is 2. The van der Waals surface area contributed by atoms with Gasteiger partial charge in [0.25, 0.3) is 0 Å². The van der Waals surface area contributed by atoms with E-state index < -0.39 is 0 Å². The van der Waals surface area contributed by atoms with E-state index in [0.717, 1.165) is 11.1 Å². The monoisotopic (exact) mass is 306 g/mol. The molecule has 0 spiro atoms. The molecule has 0 radical (unpaired) electrons. The molecule has 1 atom stereocenters. The molecule has 0 fully saturated rings.